The van der Waals surface area contributed by atoms with Crippen LogP contribution in [0.2, 0.25) is 0 Å². The molecule has 0 fully saturated rings. The number of benzene rings is 1. The molecule has 1 heterocycles. The van der Waals surface area contributed by atoms with E-state index in [1.807, 2.05) is 18.2 Å². The largest absolute Gasteiger partial charge is 0.457 e. The van der Waals surface area contributed by atoms with Gasteiger partial charge < -0.3 is 9.84 Å². The average Bonchev–Trinajstić information content (AvgIpc) is 2.69. The number of ether oxygens (including phenoxy) is 1. The highest BCUT2D eigenvalue weighted by molar-refractivity contribution is 5.70. The zero-order valence-corrected chi connectivity index (χ0v) is 7.37. The van der Waals surface area contributed by atoms with Crippen LogP contribution in [0.4, 0.5) is 0 Å². The first-order valence-corrected chi connectivity index (χ1v) is 4.16. The molecule has 0 aromatic heterocycles. The highest BCUT2D eigenvalue weighted by Gasteiger charge is 2.32. The predicted octanol–water partition coefficient (Wildman–Crippen LogP) is 1.21. The second kappa shape index (κ2) is 3.55. The van der Waals surface area contributed by atoms with E-state index in [1.54, 1.807) is 12.1 Å². The maximum atomic E-state index is 9.11. The first-order valence-electron chi connectivity index (χ1n) is 4.16. The third-order valence-electron chi connectivity index (χ3n) is 1.79. The summed E-state index contributed by atoms with van der Waals surface area (Å²) in [7, 11) is 0. The van der Waals surface area contributed by atoms with Crippen LogP contribution in [0.15, 0.2) is 45.8 Å². The standard InChI is InChI=1S/C9H9N3O2/c13-7-9(6-10-12-11-9)14-8-4-2-1-3-5-8/h1-6,13H,7H2. The number of rotatable bonds is 3. The van der Waals surface area contributed by atoms with Crippen LogP contribution in [-0.4, -0.2) is 23.7 Å². The van der Waals surface area contributed by atoms with Gasteiger partial charge in [-0.25, -0.2) is 0 Å². The summed E-state index contributed by atoms with van der Waals surface area (Å²) < 4.78 is 5.45. The first kappa shape index (κ1) is 8.83. The Labute approximate surface area is 80.7 Å². The van der Waals surface area contributed by atoms with Crippen molar-refractivity contribution < 1.29 is 9.84 Å². The zero-order valence-electron chi connectivity index (χ0n) is 7.37. The zero-order chi connectivity index (χ0) is 9.86. The first-order chi connectivity index (χ1) is 6.85. The van der Waals surface area contributed by atoms with Gasteiger partial charge in [0.2, 0.25) is 0 Å². The lowest BCUT2D eigenvalue weighted by atomic mass is 10.2. The molecule has 1 N–H and O–H groups in total. The summed E-state index contributed by atoms with van der Waals surface area (Å²) in [6, 6.07) is 9.11. The minimum absolute atomic E-state index is 0.283. The van der Waals surface area contributed by atoms with E-state index in [0.29, 0.717) is 5.75 Å². The van der Waals surface area contributed by atoms with Crippen molar-refractivity contribution in [3.63, 3.8) is 0 Å². The van der Waals surface area contributed by atoms with E-state index in [9.17, 15) is 0 Å². The van der Waals surface area contributed by atoms with Gasteiger partial charge in [-0.2, -0.15) is 0 Å². The predicted molar refractivity (Wildman–Crippen MR) is 50.2 cm³/mol. The van der Waals surface area contributed by atoms with Crippen molar-refractivity contribution >= 4 is 6.21 Å². The summed E-state index contributed by atoms with van der Waals surface area (Å²) in [5.41, 5.74) is -1.14. The minimum Gasteiger partial charge on any atom is -0.457 e. The fourth-order valence-corrected chi connectivity index (χ4v) is 1.09. The Morgan fingerprint density at radius 1 is 1.29 bits per heavy atom. The molecular weight excluding hydrogens is 182 g/mol. The van der Waals surface area contributed by atoms with Gasteiger partial charge in [0.25, 0.3) is 5.72 Å². The van der Waals surface area contributed by atoms with Gasteiger partial charge in [-0.1, -0.05) is 18.2 Å². The van der Waals surface area contributed by atoms with E-state index in [0.717, 1.165) is 0 Å². The topological polar surface area (TPSA) is 66.5 Å². The number of aliphatic hydroxyl groups is 1. The van der Waals surface area contributed by atoms with Gasteiger partial charge in [0.1, 0.15) is 12.4 Å². The molecule has 0 saturated carbocycles. The van der Waals surface area contributed by atoms with Gasteiger partial charge >= 0.3 is 0 Å². The van der Waals surface area contributed by atoms with E-state index in [2.05, 4.69) is 15.4 Å². The lowest BCUT2D eigenvalue weighted by molar-refractivity contribution is 0.0764. The fraction of sp³-hybridized carbons (Fsp3) is 0.222. The molecule has 0 aliphatic carbocycles. The second-order valence-corrected chi connectivity index (χ2v) is 2.85. The van der Waals surface area contributed by atoms with Crippen LogP contribution < -0.4 is 4.74 Å². The molecule has 1 unspecified atom stereocenters. The number of para-hydroxylation sites is 1. The molecule has 1 aromatic carbocycles. The van der Waals surface area contributed by atoms with Crippen LogP contribution in [0.3, 0.4) is 0 Å². The summed E-state index contributed by atoms with van der Waals surface area (Å²) in [5.74, 6) is 0.619. The van der Waals surface area contributed by atoms with E-state index in [-0.39, 0.29) is 6.61 Å². The van der Waals surface area contributed by atoms with Gasteiger partial charge in [-0.15, -0.1) is 10.2 Å². The van der Waals surface area contributed by atoms with Gasteiger partial charge in [-0.05, 0) is 17.4 Å². The summed E-state index contributed by atoms with van der Waals surface area (Å²) in [6.45, 7) is -0.283. The SMILES string of the molecule is OCC1(Oc2ccccc2)C=NN=N1. The molecule has 0 bridgehead atoms. The van der Waals surface area contributed by atoms with Gasteiger partial charge in [0.15, 0.2) is 0 Å². The number of hydrogen-bond donors (Lipinski definition) is 1. The Kier molecular flexibility index (Phi) is 2.24. The Hall–Kier alpha value is -1.75. The second-order valence-electron chi connectivity index (χ2n) is 2.85. The van der Waals surface area contributed by atoms with Crippen LogP contribution >= 0.6 is 0 Å². The molecule has 1 aliphatic heterocycles. The molecule has 5 nitrogen and oxygen atoms in total. The van der Waals surface area contributed by atoms with Gasteiger partial charge in [-0.3, -0.25) is 0 Å². The third-order valence-corrected chi connectivity index (χ3v) is 1.79. The van der Waals surface area contributed by atoms with E-state index in [1.165, 1.54) is 6.21 Å². The average molecular weight is 191 g/mol. The highest BCUT2D eigenvalue weighted by atomic mass is 16.5. The molecule has 1 aromatic rings. The Morgan fingerprint density at radius 2 is 2.07 bits per heavy atom. The maximum Gasteiger partial charge on any atom is 0.281 e. The molecule has 72 valence electrons. The van der Waals surface area contributed by atoms with Crippen molar-refractivity contribution in [3.05, 3.63) is 30.3 Å². The quantitative estimate of drug-likeness (QED) is 0.780. The highest BCUT2D eigenvalue weighted by Crippen LogP contribution is 2.20. The van der Waals surface area contributed by atoms with Crippen molar-refractivity contribution in [2.75, 3.05) is 6.61 Å². The lowest BCUT2D eigenvalue weighted by Crippen LogP contribution is -2.38. The molecule has 0 spiro atoms. The molecule has 1 aliphatic rings. The lowest BCUT2D eigenvalue weighted by Gasteiger charge is -2.19. The molecule has 2 rings (SSSR count). The van der Waals surface area contributed by atoms with Crippen LogP contribution in [0.1, 0.15) is 0 Å². The minimum atomic E-state index is -1.14. The number of nitrogens with zero attached hydrogens (tertiary/aromatic N) is 3. The molecule has 1 atom stereocenters. The van der Waals surface area contributed by atoms with Crippen molar-refractivity contribution in [3.8, 4) is 5.75 Å². The van der Waals surface area contributed by atoms with Crippen LogP contribution in [-0.2, 0) is 0 Å². The summed E-state index contributed by atoms with van der Waals surface area (Å²) >= 11 is 0. The molecule has 5 heteroatoms. The van der Waals surface area contributed by atoms with Crippen molar-refractivity contribution in [2.45, 2.75) is 5.72 Å². The van der Waals surface area contributed by atoms with E-state index >= 15 is 0 Å². The molecule has 14 heavy (non-hydrogen) atoms. The fourth-order valence-electron chi connectivity index (χ4n) is 1.09. The van der Waals surface area contributed by atoms with Crippen molar-refractivity contribution in [1.82, 2.24) is 0 Å². The number of hydrogen-bond acceptors (Lipinski definition) is 5. The Bertz CT molecular complexity index is 350. The van der Waals surface area contributed by atoms with Crippen molar-refractivity contribution in [2.24, 2.45) is 15.4 Å². The number of aliphatic hydroxyl groups excluding tert-OH is 1. The summed E-state index contributed by atoms with van der Waals surface area (Å²) in [4.78, 5) is 0. The molecule has 0 radical (unpaired) electrons. The van der Waals surface area contributed by atoms with Crippen LogP contribution in [0.25, 0.3) is 0 Å². The Morgan fingerprint density at radius 3 is 2.64 bits per heavy atom. The van der Waals surface area contributed by atoms with E-state index in [4.69, 9.17) is 9.84 Å². The Balaban J connectivity index is 2.17. The molecule has 0 amide bonds. The van der Waals surface area contributed by atoms with Gasteiger partial charge in [0.05, 0.1) is 6.21 Å². The smallest absolute Gasteiger partial charge is 0.281 e. The van der Waals surface area contributed by atoms with Crippen molar-refractivity contribution in [1.29, 1.82) is 0 Å². The van der Waals surface area contributed by atoms with Gasteiger partial charge in [0, 0.05) is 0 Å². The summed E-state index contributed by atoms with van der Waals surface area (Å²) in [6.07, 6.45) is 1.38. The van der Waals surface area contributed by atoms with E-state index < -0.39 is 5.72 Å². The summed E-state index contributed by atoms with van der Waals surface area (Å²) in [5, 5.41) is 19.8. The van der Waals surface area contributed by atoms with Crippen LogP contribution in [0, 0.1) is 0 Å². The molecule has 0 saturated heterocycles. The monoisotopic (exact) mass is 191 g/mol. The molecular formula is C9H9N3O2. The third kappa shape index (κ3) is 1.62. The maximum absolute atomic E-state index is 9.11. The van der Waals surface area contributed by atoms with Crippen LogP contribution in [0.5, 0.6) is 5.75 Å². The normalized spacial score (nSPS) is 24.1.